The Kier molecular flexibility index (Phi) is 5.28. The van der Waals surface area contributed by atoms with Gasteiger partial charge in [-0.2, -0.15) is 18.3 Å². The van der Waals surface area contributed by atoms with Crippen molar-refractivity contribution in [3.63, 3.8) is 0 Å². The van der Waals surface area contributed by atoms with Gasteiger partial charge in [0.25, 0.3) is 5.91 Å². The number of nitrogens with zero attached hydrogens (tertiary/aromatic N) is 3. The number of benzene rings is 1. The number of aryl methyl sites for hydroxylation is 1. The monoisotopic (exact) mass is 340 g/mol. The first-order valence-corrected chi connectivity index (χ1v) is 7.38. The zero-order valence-electron chi connectivity index (χ0n) is 13.7. The molecule has 5 nitrogen and oxygen atoms in total. The van der Waals surface area contributed by atoms with Gasteiger partial charge in [-0.25, -0.2) is 4.68 Å². The van der Waals surface area contributed by atoms with Gasteiger partial charge in [0.15, 0.2) is 5.69 Å². The molecule has 130 valence electrons. The predicted octanol–water partition coefficient (Wildman–Crippen LogP) is 2.49. The smallest absolute Gasteiger partial charge is 0.340 e. The molecule has 0 fully saturated rings. The van der Waals surface area contributed by atoms with Crippen molar-refractivity contribution in [1.29, 1.82) is 0 Å². The van der Waals surface area contributed by atoms with Crippen LogP contribution in [-0.2, 0) is 6.18 Å². The highest BCUT2D eigenvalue weighted by Crippen LogP contribution is 2.34. The molecule has 0 radical (unpaired) electrons. The van der Waals surface area contributed by atoms with Crippen LogP contribution in [0.5, 0.6) is 0 Å². The maximum absolute atomic E-state index is 13.6. The lowest BCUT2D eigenvalue weighted by Crippen LogP contribution is -2.34. The average molecular weight is 340 g/mol. The molecular formula is C16H19F3N4O. The summed E-state index contributed by atoms with van der Waals surface area (Å²) >= 11 is 0. The summed E-state index contributed by atoms with van der Waals surface area (Å²) in [5.41, 5.74) is -0.585. The molecule has 1 aromatic heterocycles. The van der Waals surface area contributed by atoms with E-state index < -0.39 is 23.3 Å². The normalized spacial score (nSPS) is 11.6. The average Bonchev–Trinajstić information content (AvgIpc) is 2.97. The van der Waals surface area contributed by atoms with Crippen molar-refractivity contribution in [2.45, 2.75) is 13.1 Å². The van der Waals surface area contributed by atoms with Gasteiger partial charge < -0.3 is 10.2 Å². The highest BCUT2D eigenvalue weighted by Gasteiger charge is 2.41. The number of aromatic nitrogens is 2. The minimum Gasteiger partial charge on any atom is -0.340 e. The summed E-state index contributed by atoms with van der Waals surface area (Å²) in [6, 6.07) is 6.59. The number of alkyl halides is 3. The van der Waals surface area contributed by atoms with Gasteiger partial charge in [0.2, 0.25) is 0 Å². The van der Waals surface area contributed by atoms with Gasteiger partial charge in [-0.3, -0.25) is 4.79 Å². The number of hydrogen-bond acceptors (Lipinski definition) is 3. The van der Waals surface area contributed by atoms with E-state index in [0.29, 0.717) is 24.3 Å². The van der Waals surface area contributed by atoms with Crippen LogP contribution in [0.3, 0.4) is 0 Å². The number of rotatable bonds is 5. The van der Waals surface area contributed by atoms with Crippen LogP contribution in [0.25, 0.3) is 5.69 Å². The van der Waals surface area contributed by atoms with Crippen molar-refractivity contribution in [2.75, 3.05) is 27.2 Å². The molecule has 0 atom stereocenters. The highest BCUT2D eigenvalue weighted by molar-refractivity contribution is 5.95. The van der Waals surface area contributed by atoms with E-state index in [9.17, 15) is 18.0 Å². The van der Waals surface area contributed by atoms with Gasteiger partial charge in [0.05, 0.1) is 17.4 Å². The first-order chi connectivity index (χ1) is 11.3. The maximum Gasteiger partial charge on any atom is 0.434 e. The molecule has 0 aliphatic heterocycles. The molecule has 0 saturated carbocycles. The first kappa shape index (κ1) is 18.0. The largest absolute Gasteiger partial charge is 0.434 e. The van der Waals surface area contributed by atoms with Crippen LogP contribution in [0.1, 0.15) is 21.6 Å². The van der Waals surface area contributed by atoms with Crippen LogP contribution in [0.15, 0.2) is 30.5 Å². The number of halogens is 3. The molecule has 1 N–H and O–H groups in total. The lowest BCUT2D eigenvalue weighted by Gasteiger charge is -2.18. The third-order valence-electron chi connectivity index (χ3n) is 3.66. The van der Waals surface area contributed by atoms with Crippen LogP contribution < -0.4 is 5.32 Å². The highest BCUT2D eigenvalue weighted by atomic mass is 19.4. The molecule has 24 heavy (non-hydrogen) atoms. The minimum atomic E-state index is -4.70. The third-order valence-corrected chi connectivity index (χ3v) is 3.66. The zero-order chi connectivity index (χ0) is 17.9. The van der Waals surface area contributed by atoms with E-state index in [2.05, 4.69) is 10.4 Å². The molecule has 0 unspecified atom stereocenters. The summed E-state index contributed by atoms with van der Waals surface area (Å²) in [5.74, 6) is -0.711. The summed E-state index contributed by atoms with van der Waals surface area (Å²) in [6.07, 6.45) is -3.72. The van der Waals surface area contributed by atoms with Crippen LogP contribution in [0.4, 0.5) is 13.2 Å². The van der Waals surface area contributed by atoms with Gasteiger partial charge >= 0.3 is 6.18 Å². The molecule has 8 heteroatoms. The van der Waals surface area contributed by atoms with Gasteiger partial charge in [0.1, 0.15) is 0 Å². The van der Waals surface area contributed by atoms with Crippen LogP contribution in [-0.4, -0.2) is 47.8 Å². The van der Waals surface area contributed by atoms with E-state index in [0.717, 1.165) is 10.9 Å². The molecule has 0 aliphatic carbocycles. The van der Waals surface area contributed by atoms with Crippen LogP contribution in [0, 0.1) is 6.92 Å². The minimum absolute atomic E-state index is 0.293. The van der Waals surface area contributed by atoms with Crippen molar-refractivity contribution in [3.8, 4) is 5.69 Å². The Hall–Kier alpha value is -2.35. The summed E-state index contributed by atoms with van der Waals surface area (Å²) in [4.78, 5) is 13.6. The fourth-order valence-corrected chi connectivity index (χ4v) is 2.35. The second kappa shape index (κ2) is 7.04. The summed E-state index contributed by atoms with van der Waals surface area (Å²) in [6.45, 7) is 2.47. The van der Waals surface area contributed by atoms with Gasteiger partial charge in [-0.1, -0.05) is 18.2 Å². The Bertz CT molecular complexity index is 724. The second-order valence-electron chi connectivity index (χ2n) is 5.43. The Labute approximate surface area is 138 Å². The quantitative estimate of drug-likeness (QED) is 0.910. The van der Waals surface area contributed by atoms with E-state index in [1.807, 2.05) is 0 Å². The molecule has 0 aliphatic rings. The predicted molar refractivity (Wildman–Crippen MR) is 84.2 cm³/mol. The fraction of sp³-hybridized carbons (Fsp3) is 0.375. The summed E-state index contributed by atoms with van der Waals surface area (Å²) in [7, 11) is 3.17. The Balaban J connectivity index is 2.52. The Morgan fingerprint density at radius 2 is 2.00 bits per heavy atom. The van der Waals surface area contributed by atoms with E-state index in [-0.39, 0.29) is 0 Å². The van der Waals surface area contributed by atoms with E-state index in [1.54, 1.807) is 32.2 Å². The Morgan fingerprint density at radius 1 is 1.33 bits per heavy atom. The van der Waals surface area contributed by atoms with Crippen LogP contribution in [0.2, 0.25) is 0 Å². The zero-order valence-corrected chi connectivity index (χ0v) is 13.7. The molecule has 1 heterocycles. The lowest BCUT2D eigenvalue weighted by molar-refractivity contribution is -0.143. The molecule has 0 spiro atoms. The molecular weight excluding hydrogens is 321 g/mol. The van der Waals surface area contributed by atoms with Gasteiger partial charge in [-0.05, 0) is 25.6 Å². The molecule has 1 amide bonds. The first-order valence-electron chi connectivity index (χ1n) is 7.38. The number of likely N-dealkylation sites (N-methyl/N-ethyl adjacent to an activating group) is 2. The van der Waals surface area contributed by atoms with E-state index in [4.69, 9.17) is 0 Å². The molecule has 0 bridgehead atoms. The molecule has 0 saturated heterocycles. The standard InChI is InChI=1S/C16H19F3N4O/c1-11-6-4-5-7-13(11)23-14(16(17,18)19)12(10-21-23)15(24)22(3)9-8-20-2/h4-7,10,20H,8-9H2,1-3H3. The number of amides is 1. The lowest BCUT2D eigenvalue weighted by atomic mass is 10.1. The molecule has 1 aromatic carbocycles. The second-order valence-corrected chi connectivity index (χ2v) is 5.43. The summed E-state index contributed by atoms with van der Waals surface area (Å²) in [5, 5.41) is 6.68. The van der Waals surface area contributed by atoms with Crippen LogP contribution >= 0.6 is 0 Å². The van der Waals surface area contributed by atoms with Crippen molar-refractivity contribution in [1.82, 2.24) is 20.0 Å². The number of carbonyl (C=O) groups excluding carboxylic acids is 1. The van der Waals surface area contributed by atoms with Crippen molar-refractivity contribution >= 4 is 5.91 Å². The van der Waals surface area contributed by atoms with Crippen molar-refractivity contribution in [3.05, 3.63) is 47.3 Å². The number of carbonyl (C=O) groups is 1. The number of nitrogens with one attached hydrogen (secondary N) is 1. The third kappa shape index (κ3) is 3.59. The van der Waals surface area contributed by atoms with E-state index >= 15 is 0 Å². The molecule has 2 aromatic rings. The number of para-hydroxylation sites is 1. The Morgan fingerprint density at radius 3 is 2.58 bits per heavy atom. The van der Waals surface area contributed by atoms with Gasteiger partial charge in [0, 0.05) is 20.1 Å². The van der Waals surface area contributed by atoms with E-state index in [1.165, 1.54) is 18.0 Å². The molecule has 2 rings (SSSR count). The fourth-order valence-electron chi connectivity index (χ4n) is 2.35. The maximum atomic E-state index is 13.6. The van der Waals surface area contributed by atoms with Crippen molar-refractivity contribution < 1.29 is 18.0 Å². The topological polar surface area (TPSA) is 50.2 Å². The van der Waals surface area contributed by atoms with Gasteiger partial charge in [-0.15, -0.1) is 0 Å². The van der Waals surface area contributed by atoms with Crippen molar-refractivity contribution in [2.24, 2.45) is 0 Å². The summed E-state index contributed by atoms with van der Waals surface area (Å²) < 4.78 is 41.6. The SMILES string of the molecule is CNCCN(C)C(=O)c1cnn(-c2ccccc2C)c1C(F)(F)F. The number of hydrogen-bond donors (Lipinski definition) is 1.